The molecule has 1 amide bonds. The third-order valence-corrected chi connectivity index (χ3v) is 7.96. The molecule has 2 heterocycles. The molecular formula is C24H26ClN5O5S. The number of ether oxygens (including phenoxy) is 1. The van der Waals surface area contributed by atoms with Crippen LogP contribution in [0.15, 0.2) is 58.6 Å². The molecule has 0 radical (unpaired) electrons. The van der Waals surface area contributed by atoms with Gasteiger partial charge >= 0.3 is 0 Å². The van der Waals surface area contributed by atoms with Gasteiger partial charge in [-0.15, -0.1) is 0 Å². The highest BCUT2D eigenvalue weighted by Gasteiger charge is 2.28. The Hall–Kier alpha value is -3.25. The van der Waals surface area contributed by atoms with Crippen LogP contribution in [-0.2, 0) is 24.4 Å². The number of carbonyl (C=O) groups is 1. The first kappa shape index (κ1) is 25.8. The van der Waals surface area contributed by atoms with Crippen molar-refractivity contribution in [2.24, 2.45) is 5.16 Å². The number of oxime groups is 1. The van der Waals surface area contributed by atoms with Crippen molar-refractivity contribution < 1.29 is 22.8 Å². The van der Waals surface area contributed by atoms with E-state index in [4.69, 9.17) is 21.2 Å². The number of halogens is 1. The fraction of sp³-hybridized carbons (Fsp3) is 0.292. The van der Waals surface area contributed by atoms with E-state index < -0.39 is 15.9 Å². The van der Waals surface area contributed by atoms with Gasteiger partial charge in [-0.3, -0.25) is 4.79 Å². The number of nitrogens with zero attached hydrogens (tertiary/aromatic N) is 4. The number of nitrogens with one attached hydrogen (secondary N) is 1. The number of rotatable bonds is 8. The predicted molar refractivity (Wildman–Crippen MR) is 136 cm³/mol. The van der Waals surface area contributed by atoms with Crippen LogP contribution in [0.25, 0.3) is 5.69 Å². The van der Waals surface area contributed by atoms with E-state index in [-0.39, 0.29) is 24.6 Å². The largest absolute Gasteiger partial charge is 0.386 e. The van der Waals surface area contributed by atoms with Crippen molar-refractivity contribution >= 4 is 39.4 Å². The third kappa shape index (κ3) is 5.76. The highest BCUT2D eigenvalue weighted by Crippen LogP contribution is 2.25. The third-order valence-electron chi connectivity index (χ3n) is 5.56. The molecule has 10 nitrogen and oxygen atoms in total. The maximum absolute atomic E-state index is 13.0. The molecule has 12 heteroatoms. The van der Waals surface area contributed by atoms with Gasteiger partial charge in [-0.2, -0.15) is 9.40 Å². The normalized spacial score (nSPS) is 14.8. The summed E-state index contributed by atoms with van der Waals surface area (Å²) in [5.41, 5.74) is 2.95. The Labute approximate surface area is 214 Å². The number of morpholine rings is 1. The maximum atomic E-state index is 13.0. The fourth-order valence-corrected chi connectivity index (χ4v) is 5.64. The number of amides is 1. The molecule has 190 valence electrons. The van der Waals surface area contributed by atoms with Gasteiger partial charge in [-0.1, -0.05) is 41.0 Å². The minimum atomic E-state index is -3.70. The van der Waals surface area contributed by atoms with Gasteiger partial charge < -0.3 is 14.9 Å². The number of aryl methyl sites for hydroxylation is 2. The van der Waals surface area contributed by atoms with Gasteiger partial charge in [0.15, 0.2) is 6.61 Å². The lowest BCUT2D eigenvalue weighted by atomic mass is 10.2. The van der Waals surface area contributed by atoms with Crippen molar-refractivity contribution in [3.05, 3.63) is 70.5 Å². The molecule has 2 aromatic carbocycles. The molecule has 1 aromatic heterocycles. The van der Waals surface area contributed by atoms with Crippen LogP contribution in [0.4, 0.5) is 5.69 Å². The van der Waals surface area contributed by atoms with E-state index in [1.807, 2.05) is 30.3 Å². The smallest absolute Gasteiger partial charge is 0.265 e. The molecule has 0 unspecified atom stereocenters. The van der Waals surface area contributed by atoms with E-state index >= 15 is 0 Å². The molecule has 0 bridgehead atoms. The van der Waals surface area contributed by atoms with Gasteiger partial charge in [0.2, 0.25) is 10.0 Å². The van der Waals surface area contributed by atoms with Gasteiger partial charge in [0.25, 0.3) is 5.91 Å². The van der Waals surface area contributed by atoms with Crippen LogP contribution in [0.2, 0.25) is 5.15 Å². The van der Waals surface area contributed by atoms with E-state index in [0.29, 0.717) is 40.9 Å². The standard InChI is InChI=1S/C24H26ClN5O5S/c1-17-8-9-19(14-22(17)36(32,33)29-10-12-34-13-11-29)27-23(31)16-35-26-15-21-18(2)28-30(24(21)25)20-6-4-3-5-7-20/h3-9,14-15H,10-13,16H2,1-2H3,(H,27,31)/b26-15+. The first-order chi connectivity index (χ1) is 17.3. The van der Waals surface area contributed by atoms with Gasteiger partial charge in [0.05, 0.1) is 41.3 Å². The van der Waals surface area contributed by atoms with Crippen LogP contribution in [0, 0.1) is 13.8 Å². The number of hydrogen-bond acceptors (Lipinski definition) is 7. The molecule has 0 spiro atoms. The quantitative estimate of drug-likeness (QED) is 0.353. The van der Waals surface area contributed by atoms with Crippen LogP contribution in [0.3, 0.4) is 0 Å². The van der Waals surface area contributed by atoms with E-state index in [1.54, 1.807) is 30.7 Å². The van der Waals surface area contributed by atoms with E-state index in [2.05, 4.69) is 15.6 Å². The molecule has 0 saturated carbocycles. The second-order valence-corrected chi connectivity index (χ2v) is 10.4. The van der Waals surface area contributed by atoms with Crippen LogP contribution in [-0.4, -0.2) is 67.5 Å². The van der Waals surface area contributed by atoms with Crippen LogP contribution in [0.5, 0.6) is 0 Å². The molecule has 1 saturated heterocycles. The summed E-state index contributed by atoms with van der Waals surface area (Å²) in [6, 6.07) is 14.1. The highest BCUT2D eigenvalue weighted by atomic mass is 35.5. The summed E-state index contributed by atoms with van der Waals surface area (Å²) in [6.07, 6.45) is 1.40. The van der Waals surface area contributed by atoms with Crippen molar-refractivity contribution in [2.75, 3.05) is 38.2 Å². The molecule has 1 aliphatic heterocycles. The number of para-hydroxylation sites is 1. The lowest BCUT2D eigenvalue weighted by Gasteiger charge is -2.26. The van der Waals surface area contributed by atoms with Crippen molar-refractivity contribution in [1.82, 2.24) is 14.1 Å². The minimum Gasteiger partial charge on any atom is -0.386 e. The summed E-state index contributed by atoms with van der Waals surface area (Å²) >= 11 is 6.45. The summed E-state index contributed by atoms with van der Waals surface area (Å²) < 4.78 is 34.3. The molecule has 0 aliphatic carbocycles. The first-order valence-electron chi connectivity index (χ1n) is 11.2. The molecular weight excluding hydrogens is 506 g/mol. The topological polar surface area (TPSA) is 115 Å². The Balaban J connectivity index is 1.38. The van der Waals surface area contributed by atoms with E-state index in [0.717, 1.165) is 5.69 Å². The molecule has 1 aliphatic rings. The highest BCUT2D eigenvalue weighted by molar-refractivity contribution is 7.89. The zero-order valence-corrected chi connectivity index (χ0v) is 21.4. The number of sulfonamides is 1. The average molecular weight is 532 g/mol. The SMILES string of the molecule is Cc1ccc(NC(=O)CO/N=C/c2c(C)nn(-c3ccccc3)c2Cl)cc1S(=O)(=O)N1CCOCC1. The number of anilines is 1. The fourth-order valence-electron chi connectivity index (χ4n) is 3.66. The maximum Gasteiger partial charge on any atom is 0.265 e. The van der Waals surface area contributed by atoms with Gasteiger partial charge in [0, 0.05) is 18.8 Å². The molecule has 0 atom stereocenters. The number of benzene rings is 2. The zero-order chi connectivity index (χ0) is 25.7. The molecule has 1 N–H and O–H groups in total. The molecule has 1 fully saturated rings. The zero-order valence-electron chi connectivity index (χ0n) is 19.8. The average Bonchev–Trinajstić information content (AvgIpc) is 3.17. The Kier molecular flexibility index (Phi) is 8.04. The number of hydrogen-bond donors (Lipinski definition) is 1. The number of carbonyl (C=O) groups excluding carboxylic acids is 1. The second-order valence-electron chi connectivity index (χ2n) is 8.09. The van der Waals surface area contributed by atoms with Crippen LogP contribution < -0.4 is 5.32 Å². The van der Waals surface area contributed by atoms with Crippen molar-refractivity contribution in [1.29, 1.82) is 0 Å². The Bertz CT molecular complexity index is 1370. The summed E-state index contributed by atoms with van der Waals surface area (Å²) in [5.74, 6) is -0.492. The summed E-state index contributed by atoms with van der Waals surface area (Å²) in [4.78, 5) is 17.6. The summed E-state index contributed by atoms with van der Waals surface area (Å²) in [6.45, 7) is 4.41. The Morgan fingerprint density at radius 2 is 1.92 bits per heavy atom. The van der Waals surface area contributed by atoms with E-state index in [9.17, 15) is 13.2 Å². The number of aromatic nitrogens is 2. The first-order valence-corrected chi connectivity index (χ1v) is 13.0. The van der Waals surface area contributed by atoms with Crippen molar-refractivity contribution in [3.63, 3.8) is 0 Å². The summed E-state index contributed by atoms with van der Waals surface area (Å²) in [5, 5.41) is 11.3. The van der Waals surface area contributed by atoms with Gasteiger partial charge in [0.1, 0.15) is 5.15 Å². The molecule has 3 aromatic rings. The monoisotopic (exact) mass is 531 g/mol. The Morgan fingerprint density at radius 3 is 2.64 bits per heavy atom. The minimum absolute atomic E-state index is 0.140. The second kappa shape index (κ2) is 11.2. The van der Waals surface area contributed by atoms with E-state index in [1.165, 1.54) is 16.6 Å². The van der Waals surface area contributed by atoms with Crippen LogP contribution >= 0.6 is 11.6 Å². The van der Waals surface area contributed by atoms with Crippen molar-refractivity contribution in [2.45, 2.75) is 18.7 Å². The summed E-state index contributed by atoms with van der Waals surface area (Å²) in [7, 11) is -3.70. The Morgan fingerprint density at radius 1 is 1.19 bits per heavy atom. The van der Waals surface area contributed by atoms with Gasteiger partial charge in [-0.05, 0) is 43.7 Å². The molecule has 4 rings (SSSR count). The lowest BCUT2D eigenvalue weighted by molar-refractivity contribution is -0.120. The van der Waals surface area contributed by atoms with Crippen molar-refractivity contribution in [3.8, 4) is 5.69 Å². The lowest BCUT2D eigenvalue weighted by Crippen LogP contribution is -2.40. The van der Waals surface area contributed by atoms with Crippen LogP contribution in [0.1, 0.15) is 16.8 Å². The molecule has 36 heavy (non-hydrogen) atoms. The van der Waals surface area contributed by atoms with Gasteiger partial charge in [-0.25, -0.2) is 13.1 Å². The predicted octanol–water partition coefficient (Wildman–Crippen LogP) is 3.15.